The number of piperazine rings is 1. The zero-order chi connectivity index (χ0) is 19.4. The third-order valence-corrected chi connectivity index (χ3v) is 5.38. The van der Waals surface area contributed by atoms with Crippen LogP contribution in [-0.4, -0.2) is 43.0 Å². The lowest BCUT2D eigenvalue weighted by Crippen LogP contribution is -2.52. The molecule has 0 spiro atoms. The lowest BCUT2D eigenvalue weighted by atomic mass is 9.87. The molecule has 27 heavy (non-hydrogen) atoms. The monoisotopic (exact) mass is 365 g/mol. The minimum Gasteiger partial charge on any atom is -0.369 e. The molecule has 1 aliphatic heterocycles. The number of carbonyl (C=O) groups excluding carboxylic acids is 1. The average Bonchev–Trinajstić information content (AvgIpc) is 2.68. The van der Waals surface area contributed by atoms with Crippen LogP contribution in [0.3, 0.4) is 0 Å². The predicted molar refractivity (Wildman–Crippen MR) is 113 cm³/mol. The molecule has 0 aliphatic carbocycles. The van der Waals surface area contributed by atoms with Gasteiger partial charge < -0.3 is 10.2 Å². The molecule has 4 heteroatoms. The Labute approximate surface area is 163 Å². The zero-order valence-electron chi connectivity index (χ0n) is 16.9. The first-order chi connectivity index (χ1) is 12.8. The fraction of sp³-hybridized carbons (Fsp3) is 0.435. The fourth-order valence-corrected chi connectivity index (χ4v) is 3.47. The summed E-state index contributed by atoms with van der Waals surface area (Å²) < 4.78 is 0. The normalized spacial score (nSPS) is 16.8. The smallest absolute Gasteiger partial charge is 0.241 e. The number of amides is 1. The summed E-state index contributed by atoms with van der Waals surface area (Å²) in [5, 5.41) is 3.07. The van der Waals surface area contributed by atoms with Crippen LogP contribution < -0.4 is 10.2 Å². The van der Waals surface area contributed by atoms with E-state index in [1.54, 1.807) is 0 Å². The average molecular weight is 366 g/mol. The van der Waals surface area contributed by atoms with Crippen molar-refractivity contribution < 1.29 is 4.79 Å². The first kappa shape index (κ1) is 19.4. The van der Waals surface area contributed by atoms with E-state index >= 15 is 0 Å². The minimum atomic E-state index is -0.134. The maximum absolute atomic E-state index is 12.7. The Morgan fingerprint density at radius 3 is 2.07 bits per heavy atom. The van der Waals surface area contributed by atoms with Crippen molar-refractivity contribution in [1.82, 2.24) is 4.90 Å². The molecule has 1 amide bonds. The fourth-order valence-electron chi connectivity index (χ4n) is 3.47. The van der Waals surface area contributed by atoms with Gasteiger partial charge in [0.15, 0.2) is 0 Å². The molecule has 3 rings (SSSR count). The Hall–Kier alpha value is -2.33. The summed E-state index contributed by atoms with van der Waals surface area (Å²) in [5.41, 5.74) is 3.51. The van der Waals surface area contributed by atoms with E-state index in [0.29, 0.717) is 0 Å². The van der Waals surface area contributed by atoms with Crippen molar-refractivity contribution in [2.75, 3.05) is 36.4 Å². The number of anilines is 2. The molecule has 1 fully saturated rings. The van der Waals surface area contributed by atoms with Crippen molar-refractivity contribution >= 4 is 17.3 Å². The van der Waals surface area contributed by atoms with E-state index in [1.807, 2.05) is 25.1 Å². The number of para-hydroxylation sites is 1. The largest absolute Gasteiger partial charge is 0.369 e. The Morgan fingerprint density at radius 2 is 1.52 bits per heavy atom. The Balaban J connectivity index is 1.54. The second-order valence-electron chi connectivity index (χ2n) is 8.35. The van der Waals surface area contributed by atoms with E-state index in [2.05, 4.69) is 72.3 Å². The molecule has 2 aromatic rings. The van der Waals surface area contributed by atoms with Gasteiger partial charge in [-0.1, -0.05) is 51.1 Å². The van der Waals surface area contributed by atoms with Gasteiger partial charge in [0, 0.05) is 37.6 Å². The first-order valence-electron chi connectivity index (χ1n) is 9.80. The first-order valence-corrected chi connectivity index (χ1v) is 9.80. The van der Waals surface area contributed by atoms with Gasteiger partial charge in [0.1, 0.15) is 0 Å². The highest BCUT2D eigenvalue weighted by Crippen LogP contribution is 2.24. The third-order valence-electron chi connectivity index (χ3n) is 5.38. The van der Waals surface area contributed by atoms with Crippen molar-refractivity contribution in [1.29, 1.82) is 0 Å². The van der Waals surface area contributed by atoms with Crippen molar-refractivity contribution in [3.63, 3.8) is 0 Å². The lowest BCUT2D eigenvalue weighted by molar-refractivity contribution is -0.120. The van der Waals surface area contributed by atoms with E-state index in [4.69, 9.17) is 0 Å². The van der Waals surface area contributed by atoms with Crippen LogP contribution in [0, 0.1) is 0 Å². The standard InChI is InChI=1S/C23H31N3O/c1-18(22(27)24-20-12-10-19(11-13-20)23(2,3)4)25-14-16-26(17-15-25)21-8-6-5-7-9-21/h5-13,18H,14-17H2,1-4H3,(H,24,27). The maximum Gasteiger partial charge on any atom is 0.241 e. The van der Waals surface area contributed by atoms with Gasteiger partial charge in [-0.15, -0.1) is 0 Å². The minimum absolute atomic E-state index is 0.0617. The molecule has 2 aromatic carbocycles. The van der Waals surface area contributed by atoms with Crippen LogP contribution in [0.25, 0.3) is 0 Å². The summed E-state index contributed by atoms with van der Waals surface area (Å²) in [6, 6.07) is 18.5. The van der Waals surface area contributed by atoms with Crippen molar-refractivity contribution in [2.24, 2.45) is 0 Å². The van der Waals surface area contributed by atoms with Gasteiger partial charge in [-0.25, -0.2) is 0 Å². The molecule has 1 saturated heterocycles. The third kappa shape index (κ3) is 4.89. The van der Waals surface area contributed by atoms with Crippen LogP contribution in [0.4, 0.5) is 11.4 Å². The summed E-state index contributed by atoms with van der Waals surface area (Å²) in [7, 11) is 0. The highest BCUT2D eigenvalue weighted by atomic mass is 16.2. The molecule has 4 nitrogen and oxygen atoms in total. The number of rotatable bonds is 4. The van der Waals surface area contributed by atoms with E-state index in [0.717, 1.165) is 31.9 Å². The van der Waals surface area contributed by atoms with Gasteiger partial charge in [-0.3, -0.25) is 9.69 Å². The highest BCUT2D eigenvalue weighted by molar-refractivity contribution is 5.94. The number of carbonyl (C=O) groups is 1. The molecule has 1 heterocycles. The van der Waals surface area contributed by atoms with Crippen LogP contribution in [-0.2, 0) is 10.2 Å². The number of hydrogen-bond acceptors (Lipinski definition) is 3. The van der Waals surface area contributed by atoms with E-state index < -0.39 is 0 Å². The molecule has 1 aliphatic rings. The summed E-state index contributed by atoms with van der Waals surface area (Å²) in [6.45, 7) is 12.3. The lowest BCUT2D eigenvalue weighted by Gasteiger charge is -2.38. The summed E-state index contributed by atoms with van der Waals surface area (Å²) in [5.74, 6) is 0.0617. The van der Waals surface area contributed by atoms with Crippen LogP contribution >= 0.6 is 0 Å². The van der Waals surface area contributed by atoms with Crippen LogP contribution in [0.2, 0.25) is 0 Å². The van der Waals surface area contributed by atoms with Gasteiger partial charge in [0.25, 0.3) is 0 Å². The maximum atomic E-state index is 12.7. The summed E-state index contributed by atoms with van der Waals surface area (Å²) in [4.78, 5) is 17.3. The summed E-state index contributed by atoms with van der Waals surface area (Å²) >= 11 is 0. The molecule has 0 radical (unpaired) electrons. The van der Waals surface area contributed by atoms with Gasteiger partial charge in [-0.05, 0) is 42.2 Å². The van der Waals surface area contributed by atoms with Crippen LogP contribution in [0.1, 0.15) is 33.3 Å². The Morgan fingerprint density at radius 1 is 0.926 bits per heavy atom. The van der Waals surface area contributed by atoms with Gasteiger partial charge in [0.05, 0.1) is 6.04 Å². The molecule has 1 atom stereocenters. The molecule has 1 N–H and O–H groups in total. The number of nitrogens with one attached hydrogen (secondary N) is 1. The number of benzene rings is 2. The zero-order valence-corrected chi connectivity index (χ0v) is 16.9. The van der Waals surface area contributed by atoms with Crippen LogP contribution in [0.15, 0.2) is 54.6 Å². The quantitative estimate of drug-likeness (QED) is 0.885. The van der Waals surface area contributed by atoms with E-state index in [9.17, 15) is 4.79 Å². The Bertz CT molecular complexity index is 741. The topological polar surface area (TPSA) is 35.6 Å². The molecule has 0 saturated carbocycles. The summed E-state index contributed by atoms with van der Waals surface area (Å²) in [6.07, 6.45) is 0. The van der Waals surface area contributed by atoms with E-state index in [-0.39, 0.29) is 17.4 Å². The second kappa shape index (κ2) is 8.13. The SMILES string of the molecule is CC(C(=O)Nc1ccc(C(C)(C)C)cc1)N1CCN(c2ccccc2)CC1. The number of nitrogens with zero attached hydrogens (tertiary/aromatic N) is 2. The number of hydrogen-bond donors (Lipinski definition) is 1. The van der Waals surface area contributed by atoms with E-state index in [1.165, 1.54) is 11.3 Å². The van der Waals surface area contributed by atoms with Crippen molar-refractivity contribution in [3.05, 3.63) is 60.2 Å². The van der Waals surface area contributed by atoms with Gasteiger partial charge in [-0.2, -0.15) is 0 Å². The molecular formula is C23H31N3O. The molecular weight excluding hydrogens is 334 g/mol. The Kier molecular flexibility index (Phi) is 5.85. The molecule has 1 unspecified atom stereocenters. The second-order valence-corrected chi connectivity index (χ2v) is 8.35. The van der Waals surface area contributed by atoms with Crippen molar-refractivity contribution in [3.8, 4) is 0 Å². The predicted octanol–water partition coefficient (Wildman–Crippen LogP) is 4.13. The highest BCUT2D eigenvalue weighted by Gasteiger charge is 2.25. The molecule has 0 bridgehead atoms. The van der Waals surface area contributed by atoms with Crippen molar-refractivity contribution in [2.45, 2.75) is 39.2 Å². The molecule has 144 valence electrons. The van der Waals surface area contributed by atoms with Gasteiger partial charge >= 0.3 is 0 Å². The van der Waals surface area contributed by atoms with Gasteiger partial charge in [0.2, 0.25) is 5.91 Å². The molecule has 0 aromatic heterocycles. The van der Waals surface area contributed by atoms with Crippen LogP contribution in [0.5, 0.6) is 0 Å².